The molecule has 1 aromatic rings. The summed E-state index contributed by atoms with van der Waals surface area (Å²) in [5.74, 6) is -0.130. The summed E-state index contributed by atoms with van der Waals surface area (Å²) in [6.45, 7) is 7.16. The van der Waals surface area contributed by atoms with Crippen molar-refractivity contribution in [2.24, 2.45) is 5.92 Å². The number of nitrogens with one attached hydrogen (secondary N) is 1. The molecule has 1 amide bonds. The summed E-state index contributed by atoms with van der Waals surface area (Å²) in [6, 6.07) is 6.68. The smallest absolute Gasteiger partial charge is 0.408 e. The number of aliphatic hydroxyl groups is 1. The lowest BCUT2D eigenvalue weighted by Gasteiger charge is -2.28. The molecular formula is C21H31NO6. The predicted molar refractivity (Wildman–Crippen MR) is 106 cm³/mol. The van der Waals surface area contributed by atoms with Gasteiger partial charge < -0.3 is 24.6 Å². The Labute approximate surface area is 166 Å². The number of methoxy groups -OCH3 is 1. The molecule has 0 saturated heterocycles. The van der Waals surface area contributed by atoms with Crippen molar-refractivity contribution in [3.8, 4) is 5.75 Å². The first-order valence-corrected chi connectivity index (χ1v) is 9.27. The molecule has 0 aromatic heterocycles. The van der Waals surface area contributed by atoms with Crippen molar-refractivity contribution in [3.63, 3.8) is 0 Å². The van der Waals surface area contributed by atoms with Gasteiger partial charge in [-0.15, -0.1) is 0 Å². The largest absolute Gasteiger partial charge is 0.497 e. The Morgan fingerprint density at radius 3 is 2.36 bits per heavy atom. The Hall–Kier alpha value is -2.54. The molecular weight excluding hydrogens is 362 g/mol. The number of hydrogen-bond acceptors (Lipinski definition) is 6. The number of rotatable bonds is 9. The van der Waals surface area contributed by atoms with Crippen molar-refractivity contribution in [2.75, 3.05) is 20.3 Å². The Morgan fingerprint density at radius 2 is 1.86 bits per heavy atom. The highest BCUT2D eigenvalue weighted by molar-refractivity contribution is 5.81. The quantitative estimate of drug-likeness (QED) is 0.493. The number of allylic oxidation sites excluding steroid dienone is 1. The fourth-order valence-electron chi connectivity index (χ4n) is 2.56. The number of ether oxygens (including phenoxy) is 3. The molecule has 0 heterocycles. The van der Waals surface area contributed by atoms with Gasteiger partial charge in [-0.05, 0) is 51.8 Å². The molecule has 156 valence electrons. The van der Waals surface area contributed by atoms with E-state index in [-0.39, 0.29) is 12.5 Å². The maximum absolute atomic E-state index is 12.3. The minimum atomic E-state index is -0.646. The van der Waals surface area contributed by atoms with E-state index in [0.29, 0.717) is 18.8 Å². The van der Waals surface area contributed by atoms with Crippen molar-refractivity contribution in [2.45, 2.75) is 45.8 Å². The van der Waals surface area contributed by atoms with Gasteiger partial charge in [0.1, 0.15) is 11.4 Å². The summed E-state index contributed by atoms with van der Waals surface area (Å²) in [4.78, 5) is 23.8. The minimum Gasteiger partial charge on any atom is -0.497 e. The van der Waals surface area contributed by atoms with Gasteiger partial charge >= 0.3 is 12.1 Å². The highest BCUT2D eigenvalue weighted by atomic mass is 16.6. The van der Waals surface area contributed by atoms with Gasteiger partial charge in [0.2, 0.25) is 0 Å². The summed E-state index contributed by atoms with van der Waals surface area (Å²) in [5, 5.41) is 12.7. The van der Waals surface area contributed by atoms with Gasteiger partial charge in [-0.3, -0.25) is 0 Å². The second-order valence-corrected chi connectivity index (χ2v) is 7.23. The molecule has 7 heteroatoms. The molecule has 0 bridgehead atoms. The van der Waals surface area contributed by atoms with E-state index in [9.17, 15) is 14.7 Å². The van der Waals surface area contributed by atoms with E-state index in [0.717, 1.165) is 5.56 Å². The number of amides is 1. The highest BCUT2D eigenvalue weighted by Gasteiger charge is 2.26. The molecule has 0 aliphatic rings. The number of hydrogen-bond donors (Lipinski definition) is 2. The van der Waals surface area contributed by atoms with Crippen molar-refractivity contribution in [1.29, 1.82) is 0 Å². The van der Waals surface area contributed by atoms with Crippen LogP contribution in [0.1, 0.15) is 45.7 Å². The Kier molecular flexibility index (Phi) is 9.51. The summed E-state index contributed by atoms with van der Waals surface area (Å²) >= 11 is 0. The van der Waals surface area contributed by atoms with Gasteiger partial charge in [-0.1, -0.05) is 18.2 Å². The Balaban J connectivity index is 3.01. The molecule has 1 rings (SSSR count). The standard InChI is InChI=1S/C21H31NO6/c1-6-27-18(24)9-7-8-16(14-23)19(22-20(25)28-21(2,3)4)15-10-12-17(26-5)13-11-15/h7,9-13,16,19,23H,6,8,14H2,1-5H3,(H,22,25)/b9-7+/t16-,19-/m1/s1. The molecule has 1 aromatic carbocycles. The lowest BCUT2D eigenvalue weighted by Crippen LogP contribution is -2.38. The zero-order valence-corrected chi connectivity index (χ0v) is 17.2. The molecule has 0 aliphatic carbocycles. The third-order valence-electron chi connectivity index (χ3n) is 3.83. The van der Waals surface area contributed by atoms with E-state index < -0.39 is 23.7 Å². The molecule has 0 spiro atoms. The molecule has 0 fully saturated rings. The number of benzene rings is 1. The third-order valence-corrected chi connectivity index (χ3v) is 3.83. The van der Waals surface area contributed by atoms with Crippen LogP contribution in [-0.4, -0.2) is 43.1 Å². The number of carbonyl (C=O) groups excluding carboxylic acids is 2. The molecule has 0 unspecified atom stereocenters. The maximum atomic E-state index is 12.3. The molecule has 0 saturated carbocycles. The van der Waals surface area contributed by atoms with Crippen LogP contribution in [0.3, 0.4) is 0 Å². The summed E-state index contributed by atoms with van der Waals surface area (Å²) in [5.41, 5.74) is 0.141. The van der Waals surface area contributed by atoms with Crippen molar-refractivity contribution in [1.82, 2.24) is 5.32 Å². The molecule has 28 heavy (non-hydrogen) atoms. The number of alkyl carbamates (subject to hydrolysis) is 1. The SMILES string of the molecule is CCOC(=O)/C=C/C[C@H](CO)[C@H](NC(=O)OC(C)(C)C)c1ccc(OC)cc1. The summed E-state index contributed by atoms with van der Waals surface area (Å²) in [7, 11) is 1.57. The first-order valence-electron chi connectivity index (χ1n) is 9.27. The van der Waals surface area contributed by atoms with Gasteiger partial charge in [-0.2, -0.15) is 0 Å². The zero-order chi connectivity index (χ0) is 21.2. The van der Waals surface area contributed by atoms with Crippen molar-refractivity contribution >= 4 is 12.1 Å². The fourth-order valence-corrected chi connectivity index (χ4v) is 2.56. The minimum absolute atomic E-state index is 0.195. The number of aliphatic hydroxyl groups excluding tert-OH is 1. The monoisotopic (exact) mass is 393 g/mol. The van der Waals surface area contributed by atoms with Gasteiger partial charge in [0, 0.05) is 18.6 Å². The first-order chi connectivity index (χ1) is 13.2. The van der Waals surface area contributed by atoms with Crippen LogP contribution in [-0.2, 0) is 14.3 Å². The first kappa shape index (κ1) is 23.5. The van der Waals surface area contributed by atoms with Crippen molar-refractivity contribution < 1.29 is 28.9 Å². The number of esters is 1. The van der Waals surface area contributed by atoms with E-state index >= 15 is 0 Å². The lowest BCUT2D eigenvalue weighted by atomic mass is 9.90. The summed E-state index contributed by atoms with van der Waals surface area (Å²) in [6.07, 6.45) is 2.74. The van der Waals surface area contributed by atoms with E-state index in [2.05, 4.69) is 5.32 Å². The van der Waals surface area contributed by atoms with E-state index in [4.69, 9.17) is 14.2 Å². The molecule has 2 N–H and O–H groups in total. The topological polar surface area (TPSA) is 94.1 Å². The van der Waals surface area contributed by atoms with Crippen LogP contribution in [0.15, 0.2) is 36.4 Å². The number of carbonyl (C=O) groups is 2. The van der Waals surface area contributed by atoms with Crippen molar-refractivity contribution in [3.05, 3.63) is 42.0 Å². The van der Waals surface area contributed by atoms with Crippen LogP contribution in [0.25, 0.3) is 0 Å². The van der Waals surface area contributed by atoms with Gasteiger partial charge in [0.15, 0.2) is 0 Å². The second kappa shape index (κ2) is 11.3. The van der Waals surface area contributed by atoms with Crippen LogP contribution in [0.4, 0.5) is 4.79 Å². The third kappa shape index (κ3) is 8.43. The average Bonchev–Trinajstić information content (AvgIpc) is 2.62. The van der Waals surface area contributed by atoms with E-state index in [1.165, 1.54) is 6.08 Å². The highest BCUT2D eigenvalue weighted by Crippen LogP contribution is 2.27. The van der Waals surface area contributed by atoms with Crippen LogP contribution in [0.5, 0.6) is 5.75 Å². The molecule has 7 nitrogen and oxygen atoms in total. The van der Waals surface area contributed by atoms with E-state index in [1.807, 2.05) is 12.1 Å². The van der Waals surface area contributed by atoms with Gasteiger partial charge in [-0.25, -0.2) is 9.59 Å². The Bertz CT molecular complexity index is 648. The Morgan fingerprint density at radius 1 is 1.21 bits per heavy atom. The fraction of sp³-hybridized carbons (Fsp3) is 0.524. The van der Waals surface area contributed by atoms with Crippen LogP contribution >= 0.6 is 0 Å². The normalized spacial score (nSPS) is 13.6. The molecule has 2 atom stereocenters. The molecule has 0 aliphatic heterocycles. The second-order valence-electron chi connectivity index (χ2n) is 7.23. The maximum Gasteiger partial charge on any atom is 0.408 e. The van der Waals surface area contributed by atoms with Crippen LogP contribution in [0, 0.1) is 5.92 Å². The predicted octanol–water partition coefficient (Wildman–Crippen LogP) is 3.38. The van der Waals surface area contributed by atoms with Gasteiger partial charge in [0.05, 0.1) is 19.8 Å². The molecule has 0 radical (unpaired) electrons. The van der Waals surface area contributed by atoms with Gasteiger partial charge in [0.25, 0.3) is 0 Å². The zero-order valence-electron chi connectivity index (χ0n) is 17.2. The van der Waals surface area contributed by atoms with E-state index in [1.54, 1.807) is 53.0 Å². The van der Waals surface area contributed by atoms with Crippen LogP contribution in [0.2, 0.25) is 0 Å². The van der Waals surface area contributed by atoms with Crippen LogP contribution < -0.4 is 10.1 Å². The summed E-state index contributed by atoms with van der Waals surface area (Å²) < 4.78 is 15.4. The lowest BCUT2D eigenvalue weighted by molar-refractivity contribution is -0.137. The average molecular weight is 393 g/mol.